The molecule has 150 valence electrons. The highest BCUT2D eigenvalue weighted by Gasteiger charge is 2.34. The Morgan fingerprint density at radius 3 is 2.28 bits per heavy atom. The van der Waals surface area contributed by atoms with Gasteiger partial charge in [0.1, 0.15) is 0 Å². The first-order valence-electron chi connectivity index (χ1n) is 8.71. The number of rotatable bonds is 7. The second-order valence-electron chi connectivity index (χ2n) is 6.05. The highest BCUT2D eigenvalue weighted by Crippen LogP contribution is 2.22. The minimum atomic E-state index is -0.691. The molecule has 0 fully saturated rings. The Morgan fingerprint density at radius 2 is 1.66 bits per heavy atom. The van der Waals surface area contributed by atoms with E-state index in [1.807, 2.05) is 0 Å². The number of nitrogens with zero attached hydrogens (tertiary/aromatic N) is 1. The molecule has 0 bridgehead atoms. The number of hydrazine groups is 1. The zero-order valence-corrected chi connectivity index (χ0v) is 16.0. The number of nitrogens with one attached hydrogen (secondary N) is 2. The summed E-state index contributed by atoms with van der Waals surface area (Å²) < 4.78 is 4.82. The summed E-state index contributed by atoms with van der Waals surface area (Å²) in [4.78, 5) is 61.0. The van der Waals surface area contributed by atoms with Crippen molar-refractivity contribution in [2.75, 3.05) is 13.2 Å². The molecule has 1 aromatic carbocycles. The average molecular weight is 415 g/mol. The fourth-order valence-corrected chi connectivity index (χ4v) is 3.29. The molecule has 1 aliphatic rings. The molecule has 0 spiro atoms. The number of ether oxygens (including phenoxy) is 1. The molecule has 0 aliphatic carbocycles. The van der Waals surface area contributed by atoms with Gasteiger partial charge in [-0.2, -0.15) is 0 Å². The molecule has 0 saturated heterocycles. The summed E-state index contributed by atoms with van der Waals surface area (Å²) in [5, 5.41) is 1.72. The van der Waals surface area contributed by atoms with Crippen LogP contribution in [0.2, 0.25) is 0 Å². The molecule has 0 atom stereocenters. The maximum atomic E-state index is 12.2. The molecule has 1 aliphatic heterocycles. The van der Waals surface area contributed by atoms with Gasteiger partial charge < -0.3 is 4.74 Å². The Morgan fingerprint density at radius 1 is 0.966 bits per heavy atom. The van der Waals surface area contributed by atoms with Gasteiger partial charge in [0.25, 0.3) is 23.6 Å². The topological polar surface area (TPSA) is 122 Å². The van der Waals surface area contributed by atoms with Gasteiger partial charge in [-0.1, -0.05) is 18.2 Å². The summed E-state index contributed by atoms with van der Waals surface area (Å²) in [7, 11) is 0. The molecule has 1 aromatic heterocycles. The van der Waals surface area contributed by atoms with Gasteiger partial charge in [-0.3, -0.25) is 39.7 Å². The number of thiophene rings is 1. The fourth-order valence-electron chi connectivity index (χ4n) is 2.67. The van der Waals surface area contributed by atoms with Gasteiger partial charge in [-0.15, -0.1) is 11.3 Å². The molecule has 4 amide bonds. The number of benzene rings is 1. The molecule has 2 heterocycles. The summed E-state index contributed by atoms with van der Waals surface area (Å²) in [5.74, 6) is -2.59. The zero-order valence-electron chi connectivity index (χ0n) is 15.2. The number of carbonyl (C=O) groups is 5. The minimum absolute atomic E-state index is 0.0672. The maximum Gasteiger partial charge on any atom is 0.306 e. The molecular weight excluding hydrogens is 398 g/mol. The number of imide groups is 1. The van der Waals surface area contributed by atoms with Crippen molar-refractivity contribution in [1.82, 2.24) is 15.8 Å². The maximum absolute atomic E-state index is 12.2. The summed E-state index contributed by atoms with van der Waals surface area (Å²) in [6, 6.07) is 9.82. The smallest absolute Gasteiger partial charge is 0.306 e. The molecule has 0 unspecified atom stereocenters. The predicted octanol–water partition coefficient (Wildman–Crippen LogP) is 1.13. The monoisotopic (exact) mass is 415 g/mol. The lowest BCUT2D eigenvalue weighted by molar-refractivity contribution is -0.148. The Kier molecular flexibility index (Phi) is 6.35. The summed E-state index contributed by atoms with van der Waals surface area (Å²) in [5.41, 5.74) is 5.05. The standard InChI is InChI=1S/C19H17N3O6S/c23-15(20-21-17(25)14-7-4-10-29-14)11-28-16(24)8-3-9-22-18(26)12-5-1-2-6-13(12)19(22)27/h1-2,4-7,10H,3,8-9,11H2,(H,20,23)(H,21,25). The molecule has 2 N–H and O–H groups in total. The van der Waals surface area contributed by atoms with Crippen molar-refractivity contribution in [3.05, 3.63) is 57.8 Å². The van der Waals surface area contributed by atoms with E-state index in [0.29, 0.717) is 16.0 Å². The van der Waals surface area contributed by atoms with Crippen molar-refractivity contribution in [3.63, 3.8) is 0 Å². The van der Waals surface area contributed by atoms with Crippen molar-refractivity contribution in [3.8, 4) is 0 Å². The Bertz CT molecular complexity index is 922. The van der Waals surface area contributed by atoms with Crippen LogP contribution in [0.1, 0.15) is 43.2 Å². The van der Waals surface area contributed by atoms with Crippen LogP contribution in [0.15, 0.2) is 41.8 Å². The Hall–Kier alpha value is -3.53. The van der Waals surface area contributed by atoms with E-state index >= 15 is 0 Å². The van der Waals surface area contributed by atoms with E-state index in [1.54, 1.807) is 41.8 Å². The van der Waals surface area contributed by atoms with Gasteiger partial charge in [0.2, 0.25) is 0 Å². The van der Waals surface area contributed by atoms with E-state index in [9.17, 15) is 24.0 Å². The lowest BCUT2D eigenvalue weighted by atomic mass is 10.1. The first-order chi connectivity index (χ1) is 14.0. The van der Waals surface area contributed by atoms with Crippen LogP contribution in [0.5, 0.6) is 0 Å². The molecule has 3 rings (SSSR count). The number of hydrogen-bond acceptors (Lipinski definition) is 7. The number of fused-ring (bicyclic) bond motifs is 1. The van der Waals surface area contributed by atoms with Gasteiger partial charge >= 0.3 is 5.97 Å². The van der Waals surface area contributed by atoms with Crippen molar-refractivity contribution >= 4 is 40.9 Å². The number of amides is 4. The molecule has 0 saturated carbocycles. The normalized spacial score (nSPS) is 12.5. The van der Waals surface area contributed by atoms with Crippen molar-refractivity contribution in [1.29, 1.82) is 0 Å². The van der Waals surface area contributed by atoms with Crippen LogP contribution >= 0.6 is 11.3 Å². The van der Waals surface area contributed by atoms with E-state index in [2.05, 4.69) is 10.9 Å². The number of hydrogen-bond donors (Lipinski definition) is 2. The van der Waals surface area contributed by atoms with E-state index in [4.69, 9.17) is 4.74 Å². The molecule has 29 heavy (non-hydrogen) atoms. The first-order valence-corrected chi connectivity index (χ1v) is 9.59. The van der Waals surface area contributed by atoms with Crippen molar-refractivity contribution in [2.24, 2.45) is 0 Å². The average Bonchev–Trinajstić information content (AvgIpc) is 3.34. The first kappa shape index (κ1) is 20.2. The van der Waals surface area contributed by atoms with Crippen LogP contribution in [0, 0.1) is 0 Å². The van der Waals surface area contributed by atoms with Crippen LogP contribution in [0.4, 0.5) is 0 Å². The second kappa shape index (κ2) is 9.11. The van der Waals surface area contributed by atoms with Crippen LogP contribution in [-0.4, -0.2) is 47.6 Å². The van der Waals surface area contributed by atoms with Gasteiger partial charge in [0, 0.05) is 13.0 Å². The highest BCUT2D eigenvalue weighted by molar-refractivity contribution is 7.12. The van der Waals surface area contributed by atoms with Gasteiger partial charge in [0.15, 0.2) is 6.61 Å². The fraction of sp³-hybridized carbons (Fsp3) is 0.211. The lowest BCUT2D eigenvalue weighted by Crippen LogP contribution is -2.43. The summed E-state index contributed by atoms with van der Waals surface area (Å²) in [6.07, 6.45) is 0.142. The molecule has 9 nitrogen and oxygen atoms in total. The number of esters is 1. The molecule has 2 aromatic rings. The van der Waals surface area contributed by atoms with E-state index in [-0.39, 0.29) is 31.2 Å². The van der Waals surface area contributed by atoms with Crippen LogP contribution < -0.4 is 10.9 Å². The lowest BCUT2D eigenvalue weighted by Gasteiger charge is -2.13. The van der Waals surface area contributed by atoms with E-state index in [0.717, 1.165) is 4.90 Å². The van der Waals surface area contributed by atoms with Crippen LogP contribution in [0.3, 0.4) is 0 Å². The third kappa shape index (κ3) is 4.85. The van der Waals surface area contributed by atoms with Gasteiger partial charge in [-0.25, -0.2) is 0 Å². The third-order valence-electron chi connectivity index (χ3n) is 4.07. The van der Waals surface area contributed by atoms with Crippen LogP contribution in [0.25, 0.3) is 0 Å². The van der Waals surface area contributed by atoms with Crippen molar-refractivity contribution < 1.29 is 28.7 Å². The molecular formula is C19H17N3O6S. The highest BCUT2D eigenvalue weighted by atomic mass is 32.1. The van der Waals surface area contributed by atoms with E-state index < -0.39 is 24.4 Å². The summed E-state index contributed by atoms with van der Waals surface area (Å²) in [6.45, 7) is -0.485. The molecule has 0 radical (unpaired) electrons. The summed E-state index contributed by atoms with van der Waals surface area (Å²) >= 11 is 1.22. The predicted molar refractivity (Wildman–Crippen MR) is 102 cm³/mol. The largest absolute Gasteiger partial charge is 0.455 e. The van der Waals surface area contributed by atoms with Crippen LogP contribution in [-0.2, 0) is 14.3 Å². The Balaban J connectivity index is 1.34. The Labute approximate surface area is 169 Å². The SMILES string of the molecule is O=C(COC(=O)CCCN1C(=O)c2ccccc2C1=O)NNC(=O)c1cccs1. The third-order valence-corrected chi connectivity index (χ3v) is 4.93. The van der Waals surface area contributed by atoms with E-state index in [1.165, 1.54) is 11.3 Å². The van der Waals surface area contributed by atoms with Gasteiger partial charge in [-0.05, 0) is 30.0 Å². The quantitative estimate of drug-likeness (QED) is 0.397. The zero-order chi connectivity index (χ0) is 20.8. The number of carbonyl (C=O) groups excluding carboxylic acids is 5. The minimum Gasteiger partial charge on any atom is -0.455 e. The van der Waals surface area contributed by atoms with Crippen molar-refractivity contribution in [2.45, 2.75) is 12.8 Å². The second-order valence-corrected chi connectivity index (χ2v) is 7.00. The molecule has 10 heteroatoms. The van der Waals surface area contributed by atoms with Gasteiger partial charge in [0.05, 0.1) is 16.0 Å².